The largest absolute Gasteiger partial charge is 0.489 e. The SMILES string of the molecule is CN1[C@H]2CC[C@H]1CC(Oc1cc(F)ccc1C(=O)N1Cc3nn4cc(C5CC5)cnc4c3C1)C2. The number of benzene rings is 1. The van der Waals surface area contributed by atoms with Gasteiger partial charge in [0.2, 0.25) is 0 Å². The Kier molecular flexibility index (Phi) is 4.50. The molecule has 34 heavy (non-hydrogen) atoms. The molecule has 2 bridgehead atoms. The van der Waals surface area contributed by atoms with E-state index < -0.39 is 0 Å². The number of aromatic nitrogens is 3. The van der Waals surface area contributed by atoms with E-state index in [2.05, 4.69) is 23.1 Å². The van der Waals surface area contributed by atoms with Crippen LogP contribution in [0.25, 0.3) is 5.65 Å². The van der Waals surface area contributed by atoms with Crippen LogP contribution in [-0.4, -0.2) is 55.5 Å². The van der Waals surface area contributed by atoms with Gasteiger partial charge in [-0.1, -0.05) is 0 Å². The normalized spacial score (nSPS) is 26.3. The molecule has 7 rings (SSSR count). The van der Waals surface area contributed by atoms with Gasteiger partial charge in [-0.15, -0.1) is 0 Å². The summed E-state index contributed by atoms with van der Waals surface area (Å²) in [5.41, 5.74) is 4.33. The Labute approximate surface area is 197 Å². The molecular weight excluding hydrogens is 433 g/mol. The number of hydrogen-bond acceptors (Lipinski definition) is 5. The molecule has 0 spiro atoms. The zero-order chi connectivity index (χ0) is 23.0. The molecule has 0 unspecified atom stereocenters. The van der Waals surface area contributed by atoms with Crippen molar-refractivity contribution >= 4 is 11.6 Å². The Bertz CT molecular complexity index is 1290. The third-order valence-corrected chi connectivity index (χ3v) is 8.22. The van der Waals surface area contributed by atoms with Gasteiger partial charge in [0.25, 0.3) is 5.91 Å². The van der Waals surface area contributed by atoms with Gasteiger partial charge < -0.3 is 14.5 Å². The first-order valence-electron chi connectivity index (χ1n) is 12.4. The van der Waals surface area contributed by atoms with Crippen LogP contribution in [0.2, 0.25) is 0 Å². The van der Waals surface area contributed by atoms with Gasteiger partial charge in [0, 0.05) is 36.1 Å². The molecule has 3 aliphatic heterocycles. The van der Waals surface area contributed by atoms with Crippen LogP contribution < -0.4 is 4.74 Å². The zero-order valence-electron chi connectivity index (χ0n) is 19.3. The van der Waals surface area contributed by atoms with Crippen molar-refractivity contribution < 1.29 is 13.9 Å². The molecule has 5 heterocycles. The van der Waals surface area contributed by atoms with Crippen molar-refractivity contribution in [1.29, 1.82) is 0 Å². The van der Waals surface area contributed by atoms with E-state index in [4.69, 9.17) is 9.84 Å². The predicted octanol–water partition coefficient (Wildman–Crippen LogP) is 3.91. The van der Waals surface area contributed by atoms with Crippen molar-refractivity contribution in [3.05, 3.63) is 58.8 Å². The summed E-state index contributed by atoms with van der Waals surface area (Å²) < 4.78 is 22.3. The van der Waals surface area contributed by atoms with E-state index in [1.165, 1.54) is 43.4 Å². The van der Waals surface area contributed by atoms with E-state index in [-0.39, 0.29) is 17.8 Å². The molecule has 2 atom stereocenters. The fourth-order valence-corrected chi connectivity index (χ4v) is 6.11. The number of carbonyl (C=O) groups excluding carboxylic acids is 1. The van der Waals surface area contributed by atoms with E-state index in [0.29, 0.717) is 42.4 Å². The summed E-state index contributed by atoms with van der Waals surface area (Å²) in [4.78, 5) is 22.4. The minimum absolute atomic E-state index is 0.00639. The number of halogens is 1. The molecule has 176 valence electrons. The number of nitrogens with zero attached hydrogens (tertiary/aromatic N) is 5. The number of amides is 1. The van der Waals surface area contributed by atoms with Gasteiger partial charge >= 0.3 is 0 Å². The Morgan fingerprint density at radius 3 is 2.68 bits per heavy atom. The van der Waals surface area contributed by atoms with Crippen LogP contribution in [0, 0.1) is 5.82 Å². The van der Waals surface area contributed by atoms with Crippen LogP contribution in [0.3, 0.4) is 0 Å². The molecule has 8 heteroatoms. The maximum atomic E-state index is 14.2. The summed E-state index contributed by atoms with van der Waals surface area (Å²) in [6, 6.07) is 5.27. The molecule has 1 aliphatic carbocycles. The summed E-state index contributed by atoms with van der Waals surface area (Å²) in [6.45, 7) is 0.869. The predicted molar refractivity (Wildman–Crippen MR) is 123 cm³/mol. The third kappa shape index (κ3) is 3.30. The summed E-state index contributed by atoms with van der Waals surface area (Å²) in [5, 5.41) is 4.72. The van der Waals surface area contributed by atoms with E-state index in [1.54, 1.807) is 11.0 Å². The van der Waals surface area contributed by atoms with E-state index >= 15 is 0 Å². The lowest BCUT2D eigenvalue weighted by Gasteiger charge is -2.36. The van der Waals surface area contributed by atoms with Gasteiger partial charge in [0.1, 0.15) is 17.7 Å². The summed E-state index contributed by atoms with van der Waals surface area (Å²) in [7, 11) is 2.18. The Balaban J connectivity index is 1.12. The van der Waals surface area contributed by atoms with Crippen molar-refractivity contribution in [2.45, 2.75) is 75.7 Å². The molecule has 2 saturated heterocycles. The highest BCUT2D eigenvalue weighted by Crippen LogP contribution is 2.40. The molecule has 1 amide bonds. The molecule has 1 saturated carbocycles. The van der Waals surface area contributed by atoms with Crippen LogP contribution in [-0.2, 0) is 13.1 Å². The minimum Gasteiger partial charge on any atom is -0.489 e. The van der Waals surface area contributed by atoms with Gasteiger partial charge in [-0.3, -0.25) is 4.79 Å². The van der Waals surface area contributed by atoms with Crippen molar-refractivity contribution in [2.75, 3.05) is 7.05 Å². The Morgan fingerprint density at radius 1 is 1.12 bits per heavy atom. The topological polar surface area (TPSA) is 63.0 Å². The number of ether oxygens (including phenoxy) is 1. The van der Waals surface area contributed by atoms with Gasteiger partial charge in [-0.05, 0) is 69.2 Å². The monoisotopic (exact) mass is 461 g/mol. The highest BCUT2D eigenvalue weighted by atomic mass is 19.1. The lowest BCUT2D eigenvalue weighted by Crippen LogP contribution is -2.44. The molecular formula is C26H28FN5O2. The van der Waals surface area contributed by atoms with Crippen molar-refractivity contribution in [1.82, 2.24) is 24.4 Å². The highest BCUT2D eigenvalue weighted by molar-refractivity contribution is 5.97. The fraction of sp³-hybridized carbons (Fsp3) is 0.500. The maximum Gasteiger partial charge on any atom is 0.258 e. The second-order valence-electron chi connectivity index (χ2n) is 10.4. The van der Waals surface area contributed by atoms with Crippen molar-refractivity contribution in [3.63, 3.8) is 0 Å². The first kappa shape index (κ1) is 20.4. The van der Waals surface area contributed by atoms with Gasteiger partial charge in [0.05, 0.1) is 24.3 Å². The average Bonchev–Trinajstić information content (AvgIpc) is 3.46. The number of fused-ring (bicyclic) bond motifs is 5. The van der Waals surface area contributed by atoms with Gasteiger partial charge in [-0.25, -0.2) is 13.9 Å². The summed E-state index contributed by atoms with van der Waals surface area (Å²) in [5.74, 6) is 0.424. The molecule has 2 aromatic heterocycles. The Hall–Kier alpha value is -3.00. The van der Waals surface area contributed by atoms with Crippen LogP contribution in [0.4, 0.5) is 4.39 Å². The van der Waals surface area contributed by atoms with Crippen LogP contribution in [0.1, 0.15) is 71.6 Å². The number of rotatable bonds is 4. The van der Waals surface area contributed by atoms with Gasteiger partial charge in [0.15, 0.2) is 5.65 Å². The standard InChI is InChI=1S/C26H28FN5O2/c1-30-18-5-6-19(30)10-20(9-18)34-24-8-17(27)4-7-21(24)26(33)31-13-22-23(14-31)29-32-12-16(15-2-3-15)11-28-25(22)32/h4,7-8,11-12,15,18-20H,2-3,5-6,9-10,13-14H2,1H3/t18-,19-/m0/s1. The first-order valence-corrected chi connectivity index (χ1v) is 12.4. The second-order valence-corrected chi connectivity index (χ2v) is 10.4. The van der Waals surface area contributed by atoms with E-state index in [0.717, 1.165) is 29.7 Å². The average molecular weight is 462 g/mol. The van der Waals surface area contributed by atoms with Crippen LogP contribution in [0.15, 0.2) is 30.6 Å². The molecule has 3 aromatic rings. The number of carbonyl (C=O) groups is 1. The summed E-state index contributed by atoms with van der Waals surface area (Å²) >= 11 is 0. The first-order chi connectivity index (χ1) is 16.5. The van der Waals surface area contributed by atoms with Gasteiger partial charge in [-0.2, -0.15) is 5.10 Å². The molecule has 3 fully saturated rings. The molecule has 4 aliphatic rings. The van der Waals surface area contributed by atoms with E-state index in [9.17, 15) is 9.18 Å². The second kappa shape index (κ2) is 7.50. The summed E-state index contributed by atoms with van der Waals surface area (Å²) in [6.07, 6.45) is 10.7. The quantitative estimate of drug-likeness (QED) is 0.590. The fourth-order valence-electron chi connectivity index (χ4n) is 6.11. The zero-order valence-corrected chi connectivity index (χ0v) is 19.3. The van der Waals surface area contributed by atoms with Crippen molar-refractivity contribution in [3.8, 4) is 5.75 Å². The smallest absolute Gasteiger partial charge is 0.258 e. The third-order valence-electron chi connectivity index (χ3n) is 8.22. The lowest BCUT2D eigenvalue weighted by atomic mass is 10.0. The lowest BCUT2D eigenvalue weighted by molar-refractivity contribution is 0.0622. The molecule has 7 nitrogen and oxygen atoms in total. The molecule has 0 N–H and O–H groups in total. The highest BCUT2D eigenvalue weighted by Gasteiger charge is 2.40. The maximum absolute atomic E-state index is 14.2. The van der Waals surface area contributed by atoms with Crippen molar-refractivity contribution in [2.24, 2.45) is 0 Å². The number of piperidine rings is 1. The molecule has 1 aromatic carbocycles. The van der Waals surface area contributed by atoms with Crippen LogP contribution >= 0.6 is 0 Å². The molecule has 0 radical (unpaired) electrons. The van der Waals surface area contributed by atoms with Crippen LogP contribution in [0.5, 0.6) is 5.75 Å². The Morgan fingerprint density at radius 2 is 1.91 bits per heavy atom. The van der Waals surface area contributed by atoms with E-state index in [1.807, 2.05) is 10.7 Å². The minimum atomic E-state index is -0.388. The number of hydrogen-bond donors (Lipinski definition) is 0.